The van der Waals surface area contributed by atoms with Crippen molar-refractivity contribution < 1.29 is 0 Å². The van der Waals surface area contributed by atoms with E-state index in [0.29, 0.717) is 5.92 Å². The fraction of sp³-hybridized carbons (Fsp3) is 0.600. The summed E-state index contributed by atoms with van der Waals surface area (Å²) in [5, 5.41) is 3.59. The Balaban J connectivity index is 2.31. The Bertz CT molecular complexity index is 381. The zero-order valence-corrected chi connectivity index (χ0v) is 10.9. The predicted molar refractivity (Wildman–Crippen MR) is 71.2 cm³/mol. The van der Waals surface area contributed by atoms with E-state index < -0.39 is 0 Å². The first kappa shape index (κ1) is 11.5. The van der Waals surface area contributed by atoms with Crippen molar-refractivity contribution >= 4 is 5.69 Å². The number of hydrogen-bond donors (Lipinski definition) is 1. The van der Waals surface area contributed by atoms with Crippen LogP contribution in [-0.4, -0.2) is 6.54 Å². The number of anilines is 1. The molecule has 2 atom stereocenters. The predicted octanol–water partition coefficient (Wildman–Crippen LogP) is 4.25. The second-order valence-electron chi connectivity index (χ2n) is 5.30. The Hall–Kier alpha value is -0.980. The van der Waals surface area contributed by atoms with E-state index in [1.807, 2.05) is 0 Å². The topological polar surface area (TPSA) is 12.0 Å². The molecular weight excluding hydrogens is 194 g/mol. The molecule has 0 spiro atoms. The number of hydrogen-bond acceptors (Lipinski definition) is 1. The molecule has 0 saturated heterocycles. The van der Waals surface area contributed by atoms with Gasteiger partial charge in [-0.1, -0.05) is 44.4 Å². The Labute approximate surface area is 99.3 Å². The first-order valence-corrected chi connectivity index (χ1v) is 6.48. The molecule has 1 heteroatoms. The number of nitrogens with one attached hydrogen (secondary N) is 1. The average molecular weight is 217 g/mol. The van der Waals surface area contributed by atoms with Crippen molar-refractivity contribution in [2.45, 2.75) is 46.5 Å². The zero-order valence-electron chi connectivity index (χ0n) is 10.9. The van der Waals surface area contributed by atoms with Crippen molar-refractivity contribution in [2.24, 2.45) is 5.92 Å². The standard InChI is InChI=1S/C15H23N/c1-5-6-11(3)14-9-16-15-12(4)7-10(2)8-13(14)15/h7-8,11,14,16H,5-6,9H2,1-4H3. The highest BCUT2D eigenvalue weighted by molar-refractivity contribution is 5.64. The van der Waals surface area contributed by atoms with Crippen molar-refractivity contribution in [3.63, 3.8) is 0 Å². The molecule has 0 bridgehead atoms. The van der Waals surface area contributed by atoms with Crippen LogP contribution in [0.2, 0.25) is 0 Å². The van der Waals surface area contributed by atoms with Gasteiger partial charge in [-0.3, -0.25) is 0 Å². The van der Waals surface area contributed by atoms with Crippen LogP contribution in [0.15, 0.2) is 12.1 Å². The van der Waals surface area contributed by atoms with Gasteiger partial charge in [0.2, 0.25) is 0 Å². The van der Waals surface area contributed by atoms with Gasteiger partial charge in [0.1, 0.15) is 0 Å². The van der Waals surface area contributed by atoms with Gasteiger partial charge in [-0.05, 0) is 30.9 Å². The molecule has 1 N–H and O–H groups in total. The quantitative estimate of drug-likeness (QED) is 0.798. The van der Waals surface area contributed by atoms with Crippen LogP contribution in [0.4, 0.5) is 5.69 Å². The number of rotatable bonds is 3. The second-order valence-corrected chi connectivity index (χ2v) is 5.30. The van der Waals surface area contributed by atoms with Crippen molar-refractivity contribution in [1.82, 2.24) is 0 Å². The molecule has 1 aromatic rings. The Morgan fingerprint density at radius 3 is 2.81 bits per heavy atom. The van der Waals surface area contributed by atoms with E-state index in [2.05, 4.69) is 45.1 Å². The average Bonchev–Trinajstić information content (AvgIpc) is 2.61. The third-order valence-electron chi connectivity index (χ3n) is 3.84. The molecule has 0 saturated carbocycles. The van der Waals surface area contributed by atoms with E-state index in [1.165, 1.54) is 29.7 Å². The van der Waals surface area contributed by atoms with Crippen LogP contribution >= 0.6 is 0 Å². The fourth-order valence-electron chi connectivity index (χ4n) is 3.02. The molecule has 1 heterocycles. The van der Waals surface area contributed by atoms with Crippen molar-refractivity contribution in [3.8, 4) is 0 Å². The molecule has 1 nitrogen and oxygen atoms in total. The molecule has 0 aliphatic carbocycles. The Kier molecular flexibility index (Phi) is 3.22. The summed E-state index contributed by atoms with van der Waals surface area (Å²) in [5.41, 5.74) is 5.76. The highest BCUT2D eigenvalue weighted by atomic mass is 14.9. The van der Waals surface area contributed by atoms with E-state index in [0.717, 1.165) is 12.5 Å². The summed E-state index contributed by atoms with van der Waals surface area (Å²) in [7, 11) is 0. The lowest BCUT2D eigenvalue weighted by Gasteiger charge is -2.19. The minimum absolute atomic E-state index is 0.716. The third-order valence-corrected chi connectivity index (χ3v) is 3.84. The van der Waals surface area contributed by atoms with Crippen LogP contribution in [-0.2, 0) is 0 Å². The van der Waals surface area contributed by atoms with Crippen molar-refractivity contribution in [2.75, 3.05) is 11.9 Å². The highest BCUT2D eigenvalue weighted by Crippen LogP contribution is 2.40. The van der Waals surface area contributed by atoms with Crippen LogP contribution in [0.5, 0.6) is 0 Å². The summed E-state index contributed by atoms with van der Waals surface area (Å²) < 4.78 is 0. The molecule has 0 aromatic heterocycles. The normalized spacial score (nSPS) is 20.4. The van der Waals surface area contributed by atoms with Crippen molar-refractivity contribution in [3.05, 3.63) is 28.8 Å². The van der Waals surface area contributed by atoms with Crippen LogP contribution in [0.1, 0.15) is 49.3 Å². The first-order chi connectivity index (χ1) is 7.63. The summed E-state index contributed by atoms with van der Waals surface area (Å²) in [6.07, 6.45) is 2.62. The lowest BCUT2D eigenvalue weighted by Crippen LogP contribution is -2.11. The number of benzene rings is 1. The van der Waals surface area contributed by atoms with Crippen LogP contribution < -0.4 is 5.32 Å². The smallest absolute Gasteiger partial charge is 0.0406 e. The molecule has 1 aliphatic heterocycles. The van der Waals surface area contributed by atoms with Crippen molar-refractivity contribution in [1.29, 1.82) is 0 Å². The Morgan fingerprint density at radius 1 is 1.38 bits per heavy atom. The molecule has 2 rings (SSSR count). The minimum atomic E-state index is 0.716. The molecule has 1 aromatic carbocycles. The minimum Gasteiger partial charge on any atom is -0.384 e. The first-order valence-electron chi connectivity index (χ1n) is 6.48. The van der Waals surface area contributed by atoms with Gasteiger partial charge >= 0.3 is 0 Å². The van der Waals surface area contributed by atoms with Gasteiger partial charge in [-0.15, -0.1) is 0 Å². The van der Waals surface area contributed by atoms with Crippen LogP contribution in [0.25, 0.3) is 0 Å². The van der Waals surface area contributed by atoms with Gasteiger partial charge in [-0.2, -0.15) is 0 Å². The van der Waals surface area contributed by atoms with Gasteiger partial charge in [0.15, 0.2) is 0 Å². The summed E-state index contributed by atoms with van der Waals surface area (Å²) in [5.74, 6) is 1.51. The molecule has 1 aliphatic rings. The second kappa shape index (κ2) is 4.48. The van der Waals surface area contributed by atoms with Gasteiger partial charge in [0, 0.05) is 18.2 Å². The van der Waals surface area contributed by atoms with Gasteiger partial charge in [-0.25, -0.2) is 0 Å². The van der Waals surface area contributed by atoms with E-state index >= 15 is 0 Å². The highest BCUT2D eigenvalue weighted by Gasteiger charge is 2.27. The van der Waals surface area contributed by atoms with Crippen LogP contribution in [0, 0.1) is 19.8 Å². The number of aryl methyl sites for hydroxylation is 2. The molecule has 0 fully saturated rings. The monoisotopic (exact) mass is 217 g/mol. The maximum absolute atomic E-state index is 3.59. The van der Waals surface area contributed by atoms with E-state index in [1.54, 1.807) is 5.56 Å². The summed E-state index contributed by atoms with van der Waals surface area (Å²) in [6.45, 7) is 10.2. The molecule has 0 radical (unpaired) electrons. The third kappa shape index (κ3) is 1.95. The largest absolute Gasteiger partial charge is 0.384 e. The van der Waals surface area contributed by atoms with Gasteiger partial charge < -0.3 is 5.32 Å². The number of fused-ring (bicyclic) bond motifs is 1. The fourth-order valence-corrected chi connectivity index (χ4v) is 3.02. The zero-order chi connectivity index (χ0) is 11.7. The molecule has 88 valence electrons. The molecule has 2 unspecified atom stereocenters. The molecule has 16 heavy (non-hydrogen) atoms. The Morgan fingerprint density at radius 2 is 2.12 bits per heavy atom. The van der Waals surface area contributed by atoms with Gasteiger partial charge in [0.25, 0.3) is 0 Å². The van der Waals surface area contributed by atoms with Gasteiger partial charge in [0.05, 0.1) is 0 Å². The van der Waals surface area contributed by atoms with E-state index in [9.17, 15) is 0 Å². The lowest BCUT2D eigenvalue weighted by molar-refractivity contribution is 0.447. The summed E-state index contributed by atoms with van der Waals surface area (Å²) >= 11 is 0. The summed E-state index contributed by atoms with van der Waals surface area (Å²) in [4.78, 5) is 0. The van der Waals surface area contributed by atoms with E-state index in [4.69, 9.17) is 0 Å². The maximum atomic E-state index is 3.59. The lowest BCUT2D eigenvalue weighted by atomic mass is 9.85. The maximum Gasteiger partial charge on any atom is 0.0406 e. The summed E-state index contributed by atoms with van der Waals surface area (Å²) in [6, 6.07) is 4.65. The molecule has 0 amide bonds. The van der Waals surface area contributed by atoms with Crippen LogP contribution in [0.3, 0.4) is 0 Å². The molecular formula is C15H23N. The van der Waals surface area contributed by atoms with E-state index in [-0.39, 0.29) is 0 Å². The SMILES string of the molecule is CCCC(C)C1CNc2c(C)cc(C)cc21.